The van der Waals surface area contributed by atoms with Crippen molar-refractivity contribution in [3.63, 3.8) is 0 Å². The predicted molar refractivity (Wildman–Crippen MR) is 61.2 cm³/mol. The molecule has 2 aromatic rings. The maximum absolute atomic E-state index is 12.6. The minimum absolute atomic E-state index is 0.0233. The van der Waals surface area contributed by atoms with Crippen LogP contribution in [0.2, 0.25) is 0 Å². The first-order valence-electron chi connectivity index (χ1n) is 5.34. The fraction of sp³-hybridized carbons (Fsp3) is 0.167. The molecule has 1 aromatic carbocycles. The number of hydrogen-bond donors (Lipinski definition) is 1. The highest BCUT2D eigenvalue weighted by Gasteiger charge is 2.14. The second-order valence-corrected chi connectivity index (χ2v) is 3.62. The minimum atomic E-state index is -2.71. The number of imidazole rings is 1. The van der Waals surface area contributed by atoms with Crippen molar-refractivity contribution in [1.29, 1.82) is 0 Å². The predicted octanol–water partition coefficient (Wildman–Crippen LogP) is 2.56. The van der Waals surface area contributed by atoms with Gasteiger partial charge in [0.05, 0.1) is 0 Å². The Balaban J connectivity index is 2.15. The monoisotopic (exact) mass is 268 g/mol. The molecule has 0 spiro atoms. The summed E-state index contributed by atoms with van der Waals surface area (Å²) < 4.78 is 31.0. The number of aromatic nitrogens is 2. The van der Waals surface area contributed by atoms with E-state index in [1.807, 2.05) is 0 Å². The van der Waals surface area contributed by atoms with E-state index in [1.165, 1.54) is 18.3 Å². The molecule has 0 unspecified atom stereocenters. The smallest absolute Gasteiger partial charge is 0.339 e. The lowest BCUT2D eigenvalue weighted by Gasteiger charge is -2.10. The van der Waals surface area contributed by atoms with E-state index >= 15 is 0 Å². The summed E-state index contributed by atoms with van der Waals surface area (Å²) in [7, 11) is 0. The van der Waals surface area contributed by atoms with Gasteiger partial charge in [-0.15, -0.1) is 0 Å². The number of nitrogens with zero attached hydrogens (tertiary/aromatic N) is 2. The largest absolute Gasteiger partial charge is 0.485 e. The normalized spacial score (nSPS) is 10.7. The number of carbonyl (C=O) groups is 1. The molecule has 0 aliphatic carbocycles. The number of rotatable bonds is 5. The van der Waals surface area contributed by atoms with Crippen LogP contribution in [-0.2, 0) is 6.61 Å². The van der Waals surface area contributed by atoms with Gasteiger partial charge in [-0.1, -0.05) is 12.1 Å². The Morgan fingerprint density at radius 1 is 1.42 bits per heavy atom. The molecule has 100 valence electrons. The van der Waals surface area contributed by atoms with Crippen molar-refractivity contribution in [2.75, 3.05) is 0 Å². The number of carboxylic acid groups (broad SMARTS) is 1. The van der Waals surface area contributed by atoms with Gasteiger partial charge in [-0.05, 0) is 12.1 Å². The first-order chi connectivity index (χ1) is 9.09. The Morgan fingerprint density at radius 2 is 2.16 bits per heavy atom. The van der Waals surface area contributed by atoms with Crippen LogP contribution in [0, 0.1) is 0 Å². The lowest BCUT2D eigenvalue weighted by molar-refractivity contribution is 0.0623. The number of carboxylic acids is 1. The van der Waals surface area contributed by atoms with Gasteiger partial charge in [0.2, 0.25) is 0 Å². The molecule has 0 bridgehead atoms. The van der Waals surface area contributed by atoms with Gasteiger partial charge in [-0.2, -0.15) is 8.78 Å². The van der Waals surface area contributed by atoms with E-state index in [0.29, 0.717) is 4.57 Å². The average molecular weight is 268 g/mol. The summed E-state index contributed by atoms with van der Waals surface area (Å²) in [5, 5.41) is 8.94. The molecule has 0 fully saturated rings. The van der Waals surface area contributed by atoms with Crippen molar-refractivity contribution >= 4 is 5.97 Å². The lowest BCUT2D eigenvalue weighted by Crippen LogP contribution is -2.09. The first kappa shape index (κ1) is 13.0. The maximum Gasteiger partial charge on any atom is 0.339 e. The quantitative estimate of drug-likeness (QED) is 0.905. The van der Waals surface area contributed by atoms with Gasteiger partial charge in [0.1, 0.15) is 17.9 Å². The van der Waals surface area contributed by atoms with Crippen LogP contribution in [0.5, 0.6) is 5.75 Å². The average Bonchev–Trinajstić information content (AvgIpc) is 2.85. The van der Waals surface area contributed by atoms with Crippen molar-refractivity contribution < 1.29 is 23.4 Å². The molecule has 1 N–H and O–H groups in total. The van der Waals surface area contributed by atoms with Gasteiger partial charge in [-0.25, -0.2) is 9.78 Å². The van der Waals surface area contributed by atoms with Gasteiger partial charge < -0.3 is 9.84 Å². The van der Waals surface area contributed by atoms with Crippen LogP contribution < -0.4 is 4.74 Å². The van der Waals surface area contributed by atoms with Crippen molar-refractivity contribution in [3.8, 4) is 5.75 Å². The Bertz CT molecular complexity index is 584. The third kappa shape index (κ3) is 2.87. The highest BCUT2D eigenvalue weighted by molar-refractivity contribution is 5.90. The molecule has 7 heteroatoms. The van der Waals surface area contributed by atoms with Crippen LogP contribution in [0.1, 0.15) is 22.7 Å². The van der Waals surface area contributed by atoms with Crippen LogP contribution in [0.15, 0.2) is 36.7 Å². The number of para-hydroxylation sites is 1. The van der Waals surface area contributed by atoms with Gasteiger partial charge in [0.25, 0.3) is 0 Å². The summed E-state index contributed by atoms with van der Waals surface area (Å²) >= 11 is 0. The van der Waals surface area contributed by atoms with Gasteiger partial charge in [-0.3, -0.25) is 4.57 Å². The maximum atomic E-state index is 12.6. The number of aromatic carboxylic acids is 1. The highest BCUT2D eigenvalue weighted by Crippen LogP contribution is 2.20. The van der Waals surface area contributed by atoms with E-state index in [0.717, 1.165) is 6.20 Å². The third-order valence-corrected chi connectivity index (χ3v) is 2.43. The Kier molecular flexibility index (Phi) is 3.74. The van der Waals surface area contributed by atoms with E-state index in [1.54, 1.807) is 12.1 Å². The minimum Gasteiger partial charge on any atom is -0.485 e. The van der Waals surface area contributed by atoms with Crippen molar-refractivity contribution in [3.05, 3.63) is 48.0 Å². The summed E-state index contributed by atoms with van der Waals surface area (Å²) in [6.07, 6.45) is 2.36. The number of alkyl halides is 2. The third-order valence-electron chi connectivity index (χ3n) is 2.43. The standard InChI is InChI=1S/C12H10F2N2O3/c13-12(14)16-6-5-15-10(16)7-19-9-4-2-1-3-8(9)11(17)18/h1-6,12H,7H2,(H,17,18). The molecule has 1 aromatic heterocycles. The zero-order valence-electron chi connectivity index (χ0n) is 9.66. The van der Waals surface area contributed by atoms with Crippen LogP contribution in [0.25, 0.3) is 0 Å². The van der Waals surface area contributed by atoms with Gasteiger partial charge in [0, 0.05) is 12.4 Å². The summed E-state index contributed by atoms with van der Waals surface area (Å²) in [6.45, 7) is -2.95. The zero-order chi connectivity index (χ0) is 13.8. The zero-order valence-corrected chi connectivity index (χ0v) is 9.66. The van der Waals surface area contributed by atoms with E-state index < -0.39 is 12.5 Å². The van der Waals surface area contributed by atoms with Crippen molar-refractivity contribution in [2.45, 2.75) is 13.2 Å². The van der Waals surface area contributed by atoms with Gasteiger partial charge >= 0.3 is 12.5 Å². The molecule has 0 saturated carbocycles. The molecule has 5 nitrogen and oxygen atoms in total. The van der Waals surface area contributed by atoms with E-state index in [-0.39, 0.29) is 23.7 Å². The molecule has 0 aliphatic heterocycles. The summed E-state index contributed by atoms with van der Waals surface area (Å²) in [5.41, 5.74) is -0.0300. The Labute approximate surface area is 107 Å². The van der Waals surface area contributed by atoms with E-state index in [2.05, 4.69) is 4.98 Å². The number of ether oxygens (including phenoxy) is 1. The number of halogens is 2. The van der Waals surface area contributed by atoms with Crippen LogP contribution in [-0.4, -0.2) is 20.6 Å². The second kappa shape index (κ2) is 5.47. The molecule has 0 saturated heterocycles. The lowest BCUT2D eigenvalue weighted by atomic mass is 10.2. The Hall–Kier alpha value is -2.44. The molecular weight excluding hydrogens is 258 g/mol. The summed E-state index contributed by atoms with van der Waals surface area (Å²) in [4.78, 5) is 14.7. The van der Waals surface area contributed by atoms with Crippen LogP contribution in [0.3, 0.4) is 0 Å². The van der Waals surface area contributed by atoms with Gasteiger partial charge in [0.15, 0.2) is 5.82 Å². The van der Waals surface area contributed by atoms with E-state index in [9.17, 15) is 13.6 Å². The van der Waals surface area contributed by atoms with Crippen molar-refractivity contribution in [1.82, 2.24) is 9.55 Å². The number of benzene rings is 1. The highest BCUT2D eigenvalue weighted by atomic mass is 19.3. The molecular formula is C12H10F2N2O3. The van der Waals surface area contributed by atoms with Crippen molar-refractivity contribution in [2.24, 2.45) is 0 Å². The Morgan fingerprint density at radius 3 is 2.84 bits per heavy atom. The molecule has 19 heavy (non-hydrogen) atoms. The summed E-state index contributed by atoms with van der Waals surface area (Å²) in [5.74, 6) is -1.01. The first-order valence-corrected chi connectivity index (χ1v) is 5.34. The molecule has 2 rings (SSSR count). The second-order valence-electron chi connectivity index (χ2n) is 3.62. The topological polar surface area (TPSA) is 64.3 Å². The molecule has 0 amide bonds. The fourth-order valence-corrected chi connectivity index (χ4v) is 1.54. The van der Waals surface area contributed by atoms with E-state index in [4.69, 9.17) is 9.84 Å². The molecule has 0 radical (unpaired) electrons. The molecule has 0 aliphatic rings. The SMILES string of the molecule is O=C(O)c1ccccc1OCc1nccn1C(F)F. The summed E-state index contributed by atoms with van der Waals surface area (Å²) in [6, 6.07) is 5.98. The van der Waals surface area contributed by atoms with Crippen LogP contribution >= 0.6 is 0 Å². The number of hydrogen-bond acceptors (Lipinski definition) is 3. The molecule has 0 atom stereocenters. The van der Waals surface area contributed by atoms with Crippen LogP contribution in [0.4, 0.5) is 8.78 Å². The fourth-order valence-electron chi connectivity index (χ4n) is 1.54. The molecule has 1 heterocycles.